The minimum absolute atomic E-state index is 0.567. The maximum absolute atomic E-state index is 3.64. The summed E-state index contributed by atoms with van der Waals surface area (Å²) in [4.78, 5) is 0. The van der Waals surface area contributed by atoms with E-state index in [-0.39, 0.29) is 0 Å². The quantitative estimate of drug-likeness (QED) is 0.345. The molecule has 0 saturated carbocycles. The fourth-order valence-electron chi connectivity index (χ4n) is 4.28. The zero-order valence-electron chi connectivity index (χ0n) is 18.3. The number of hydrogen-bond acceptors (Lipinski definition) is 1. The third kappa shape index (κ3) is 4.58. The van der Waals surface area contributed by atoms with Gasteiger partial charge < -0.3 is 5.32 Å². The van der Waals surface area contributed by atoms with Crippen LogP contribution in [0.15, 0.2) is 121 Å². The second kappa shape index (κ2) is 9.11. The van der Waals surface area contributed by atoms with E-state index in [1.807, 2.05) is 0 Å². The second-order valence-corrected chi connectivity index (χ2v) is 8.49. The van der Waals surface area contributed by atoms with Gasteiger partial charge in [0.2, 0.25) is 0 Å². The lowest BCUT2D eigenvalue weighted by Crippen LogP contribution is -1.99. The Morgan fingerprint density at radius 1 is 0.594 bits per heavy atom. The molecule has 1 heteroatoms. The Kier molecular flexibility index (Phi) is 5.72. The van der Waals surface area contributed by atoms with Gasteiger partial charge in [0.25, 0.3) is 0 Å². The fraction of sp³-hybridized carbons (Fsp3) is 0.0968. The van der Waals surface area contributed by atoms with Crippen molar-refractivity contribution in [1.82, 2.24) is 0 Å². The van der Waals surface area contributed by atoms with Gasteiger partial charge in [-0.1, -0.05) is 97.9 Å². The molecular weight excluding hydrogens is 386 g/mol. The van der Waals surface area contributed by atoms with Crippen molar-refractivity contribution in [3.05, 3.63) is 127 Å². The Balaban J connectivity index is 1.48. The van der Waals surface area contributed by atoms with Crippen LogP contribution in [0.2, 0.25) is 0 Å². The average Bonchev–Trinajstić information content (AvgIpc) is 2.85. The molecule has 0 aromatic heterocycles. The van der Waals surface area contributed by atoms with Crippen LogP contribution in [0.1, 0.15) is 18.9 Å². The molecule has 0 aliphatic heterocycles. The number of anilines is 2. The summed E-state index contributed by atoms with van der Waals surface area (Å²) in [5.74, 6) is 0.567. The van der Waals surface area contributed by atoms with Crippen LogP contribution in [-0.4, -0.2) is 0 Å². The summed E-state index contributed by atoms with van der Waals surface area (Å²) in [5, 5.41) is 3.64. The van der Waals surface area contributed by atoms with E-state index < -0.39 is 0 Å². The van der Waals surface area contributed by atoms with Crippen molar-refractivity contribution >= 4 is 16.9 Å². The molecule has 0 radical (unpaired) electrons. The highest BCUT2D eigenvalue weighted by atomic mass is 14.9. The van der Waals surface area contributed by atoms with Gasteiger partial charge in [-0.3, -0.25) is 0 Å². The van der Waals surface area contributed by atoms with Gasteiger partial charge in [-0.25, -0.2) is 0 Å². The standard InChI is InChI=1S/C31H27N/c1-23-9-8-14-27(19-23)29-20-28(25-12-6-3-7-13-25)21-31(22-29)32-30-17-15-26(16-18-30)24-10-4-2-5-11-24/h2-18,20-23,32H,19H2,1H3. The Morgan fingerprint density at radius 3 is 1.84 bits per heavy atom. The van der Waals surface area contributed by atoms with Crippen molar-refractivity contribution in [3.8, 4) is 22.3 Å². The highest BCUT2D eigenvalue weighted by Crippen LogP contribution is 2.34. The van der Waals surface area contributed by atoms with Gasteiger partial charge in [-0.05, 0) is 76.1 Å². The minimum Gasteiger partial charge on any atom is -0.355 e. The Hall–Kier alpha value is -3.84. The van der Waals surface area contributed by atoms with E-state index in [0.29, 0.717) is 5.92 Å². The van der Waals surface area contributed by atoms with Gasteiger partial charge >= 0.3 is 0 Å². The van der Waals surface area contributed by atoms with Crippen LogP contribution < -0.4 is 5.32 Å². The number of hydrogen-bond donors (Lipinski definition) is 1. The Bertz CT molecular complexity index is 1250. The average molecular weight is 414 g/mol. The maximum atomic E-state index is 3.64. The first-order valence-electron chi connectivity index (χ1n) is 11.3. The van der Waals surface area contributed by atoms with Crippen LogP contribution in [0.5, 0.6) is 0 Å². The molecule has 5 rings (SSSR count). The summed E-state index contributed by atoms with van der Waals surface area (Å²) in [5.41, 5.74) is 9.79. The van der Waals surface area contributed by atoms with Crippen molar-refractivity contribution in [2.24, 2.45) is 5.92 Å². The van der Waals surface area contributed by atoms with Gasteiger partial charge in [-0.2, -0.15) is 0 Å². The third-order valence-corrected chi connectivity index (χ3v) is 5.97. The highest BCUT2D eigenvalue weighted by Gasteiger charge is 2.12. The summed E-state index contributed by atoms with van der Waals surface area (Å²) in [6, 6.07) is 36.6. The lowest BCUT2D eigenvalue weighted by atomic mass is 9.89. The third-order valence-electron chi connectivity index (χ3n) is 5.97. The number of allylic oxidation sites excluding steroid dienone is 4. The lowest BCUT2D eigenvalue weighted by Gasteiger charge is -2.18. The molecule has 4 aromatic carbocycles. The van der Waals surface area contributed by atoms with E-state index in [2.05, 4.69) is 134 Å². The molecule has 156 valence electrons. The maximum Gasteiger partial charge on any atom is 0.0396 e. The van der Waals surface area contributed by atoms with Crippen LogP contribution in [0.4, 0.5) is 11.4 Å². The first-order valence-corrected chi connectivity index (χ1v) is 11.3. The molecule has 1 nitrogen and oxygen atoms in total. The first-order chi connectivity index (χ1) is 15.7. The zero-order chi connectivity index (χ0) is 21.8. The van der Waals surface area contributed by atoms with Crippen LogP contribution >= 0.6 is 0 Å². The number of rotatable bonds is 5. The van der Waals surface area contributed by atoms with Gasteiger partial charge in [0.15, 0.2) is 0 Å². The summed E-state index contributed by atoms with van der Waals surface area (Å²) in [6.07, 6.45) is 7.79. The van der Waals surface area contributed by atoms with Gasteiger partial charge in [0.05, 0.1) is 0 Å². The van der Waals surface area contributed by atoms with Crippen molar-refractivity contribution in [2.75, 3.05) is 5.32 Å². The first kappa shape index (κ1) is 20.1. The molecule has 32 heavy (non-hydrogen) atoms. The zero-order valence-corrected chi connectivity index (χ0v) is 18.3. The number of nitrogens with one attached hydrogen (secondary N) is 1. The molecule has 1 N–H and O–H groups in total. The van der Waals surface area contributed by atoms with Crippen LogP contribution in [0.25, 0.3) is 27.8 Å². The largest absolute Gasteiger partial charge is 0.355 e. The molecule has 4 aromatic rings. The summed E-state index contributed by atoms with van der Waals surface area (Å²) in [7, 11) is 0. The van der Waals surface area contributed by atoms with Crippen LogP contribution in [-0.2, 0) is 0 Å². The second-order valence-electron chi connectivity index (χ2n) is 8.49. The number of benzene rings is 4. The van der Waals surface area contributed by atoms with E-state index >= 15 is 0 Å². The molecule has 0 spiro atoms. The van der Waals surface area contributed by atoms with Crippen LogP contribution in [0, 0.1) is 5.92 Å². The molecule has 1 atom stereocenters. The van der Waals surface area contributed by atoms with Gasteiger partial charge in [0, 0.05) is 11.4 Å². The van der Waals surface area contributed by atoms with E-state index in [4.69, 9.17) is 0 Å². The highest BCUT2D eigenvalue weighted by molar-refractivity contribution is 5.80. The topological polar surface area (TPSA) is 12.0 Å². The van der Waals surface area contributed by atoms with Crippen molar-refractivity contribution < 1.29 is 0 Å². The van der Waals surface area contributed by atoms with E-state index in [0.717, 1.165) is 17.8 Å². The van der Waals surface area contributed by atoms with E-state index in [1.54, 1.807) is 0 Å². The van der Waals surface area contributed by atoms with Crippen molar-refractivity contribution in [1.29, 1.82) is 0 Å². The summed E-state index contributed by atoms with van der Waals surface area (Å²) < 4.78 is 0. The Labute approximate surface area is 190 Å². The normalized spacial score (nSPS) is 15.3. The summed E-state index contributed by atoms with van der Waals surface area (Å²) in [6.45, 7) is 2.28. The lowest BCUT2D eigenvalue weighted by molar-refractivity contribution is 0.749. The predicted octanol–water partition coefficient (Wildman–Crippen LogP) is 8.74. The van der Waals surface area contributed by atoms with E-state index in [9.17, 15) is 0 Å². The molecule has 0 saturated heterocycles. The monoisotopic (exact) mass is 413 g/mol. The minimum atomic E-state index is 0.567. The van der Waals surface area contributed by atoms with Crippen molar-refractivity contribution in [2.45, 2.75) is 13.3 Å². The predicted molar refractivity (Wildman–Crippen MR) is 138 cm³/mol. The smallest absolute Gasteiger partial charge is 0.0396 e. The molecular formula is C31H27N. The van der Waals surface area contributed by atoms with Gasteiger partial charge in [-0.15, -0.1) is 0 Å². The Morgan fingerprint density at radius 2 is 1.19 bits per heavy atom. The van der Waals surface area contributed by atoms with Crippen molar-refractivity contribution in [3.63, 3.8) is 0 Å². The molecule has 0 heterocycles. The molecule has 0 amide bonds. The van der Waals surface area contributed by atoms with E-state index in [1.165, 1.54) is 33.4 Å². The molecule has 1 aliphatic carbocycles. The van der Waals surface area contributed by atoms with Crippen LogP contribution in [0.3, 0.4) is 0 Å². The summed E-state index contributed by atoms with van der Waals surface area (Å²) >= 11 is 0. The molecule has 1 aliphatic rings. The molecule has 0 fully saturated rings. The SMILES string of the molecule is CC1C=CC=C(c2cc(Nc3ccc(-c4ccccc4)cc3)cc(-c3ccccc3)c2)C1. The fourth-order valence-corrected chi connectivity index (χ4v) is 4.28. The molecule has 0 bridgehead atoms. The van der Waals surface area contributed by atoms with Gasteiger partial charge in [0.1, 0.15) is 0 Å². The molecule has 1 unspecified atom stereocenters.